The molecule has 0 saturated heterocycles. The van der Waals surface area contributed by atoms with E-state index in [1.54, 1.807) is 7.05 Å². The third kappa shape index (κ3) is 1.02. The lowest BCUT2D eigenvalue weighted by Gasteiger charge is -2.16. The van der Waals surface area contributed by atoms with Crippen LogP contribution < -0.4 is 5.32 Å². The van der Waals surface area contributed by atoms with Crippen LogP contribution in [-0.4, -0.2) is 36.4 Å². The van der Waals surface area contributed by atoms with Crippen molar-refractivity contribution >= 4 is 34.9 Å². The van der Waals surface area contributed by atoms with E-state index in [1.807, 2.05) is 0 Å². The molecule has 2 aliphatic rings. The first-order valence-corrected chi connectivity index (χ1v) is 3.76. The average Bonchev–Trinajstić information content (AvgIpc) is 2.50. The number of fused-ring (bicyclic) bond motifs is 1. The fourth-order valence-corrected chi connectivity index (χ4v) is 1.24. The molecule has 0 aliphatic carbocycles. The van der Waals surface area contributed by atoms with Gasteiger partial charge in [0.2, 0.25) is 5.29 Å². The van der Waals surface area contributed by atoms with E-state index in [9.17, 15) is 0 Å². The van der Waals surface area contributed by atoms with Gasteiger partial charge in [0.25, 0.3) is 0 Å². The monoisotopic (exact) mass is 183 g/mol. The first kappa shape index (κ1) is 7.42. The molecular weight excluding hydrogens is 178 g/mol. The number of halogens is 1. The Morgan fingerprint density at radius 1 is 1.67 bits per heavy atom. The number of amidine groups is 3. The van der Waals surface area contributed by atoms with Crippen LogP contribution in [0, 0.1) is 0 Å². The van der Waals surface area contributed by atoms with E-state index in [0.29, 0.717) is 11.7 Å². The Morgan fingerprint density at radius 3 is 3.25 bits per heavy atom. The molecule has 0 radical (unpaired) electrons. The van der Waals surface area contributed by atoms with Gasteiger partial charge in [0, 0.05) is 7.05 Å². The van der Waals surface area contributed by atoms with E-state index < -0.39 is 0 Å². The van der Waals surface area contributed by atoms with Gasteiger partial charge in [-0.15, -0.1) is 0 Å². The van der Waals surface area contributed by atoms with E-state index in [1.165, 1.54) is 6.34 Å². The lowest BCUT2D eigenvalue weighted by molar-refractivity contribution is 1.06. The van der Waals surface area contributed by atoms with Gasteiger partial charge in [0.05, 0.1) is 0 Å². The maximum Gasteiger partial charge on any atom is 0.203 e. The van der Waals surface area contributed by atoms with E-state index in [4.69, 9.17) is 11.6 Å². The molecule has 2 aliphatic heterocycles. The van der Waals surface area contributed by atoms with Crippen molar-refractivity contribution in [3.63, 3.8) is 0 Å². The van der Waals surface area contributed by atoms with Crippen molar-refractivity contribution < 1.29 is 0 Å². The number of rotatable bonds is 0. The zero-order chi connectivity index (χ0) is 8.55. The van der Waals surface area contributed by atoms with Crippen molar-refractivity contribution in [3.05, 3.63) is 0 Å². The van der Waals surface area contributed by atoms with Crippen molar-refractivity contribution in [1.82, 2.24) is 5.32 Å². The standard InChI is InChI=1S/C6H6ClN5/c1-8-4-3-5(10-2-9-3)12-6(7)11-4/h2-3H,1H3,(H,8,9,10,11,12). The molecule has 2 heterocycles. The Bertz CT molecular complexity index is 327. The van der Waals surface area contributed by atoms with Crippen LogP contribution in [0.5, 0.6) is 0 Å². The highest BCUT2D eigenvalue weighted by Gasteiger charge is 2.28. The minimum absolute atomic E-state index is 0.183. The van der Waals surface area contributed by atoms with Crippen LogP contribution >= 0.6 is 11.6 Å². The Labute approximate surface area is 74.0 Å². The van der Waals surface area contributed by atoms with Crippen LogP contribution in [0.4, 0.5) is 0 Å². The van der Waals surface area contributed by atoms with Gasteiger partial charge in [0.15, 0.2) is 11.9 Å². The minimum Gasteiger partial charge on any atom is -0.316 e. The fraction of sp³-hybridized carbons (Fsp3) is 0.333. The highest BCUT2D eigenvalue weighted by molar-refractivity contribution is 6.67. The summed E-state index contributed by atoms with van der Waals surface area (Å²) in [6.45, 7) is 0. The first-order valence-electron chi connectivity index (χ1n) is 3.38. The Hall–Kier alpha value is -1.23. The van der Waals surface area contributed by atoms with Crippen molar-refractivity contribution in [3.8, 4) is 0 Å². The molecule has 0 aromatic rings. The third-order valence-electron chi connectivity index (χ3n) is 1.59. The summed E-state index contributed by atoms with van der Waals surface area (Å²) in [5.74, 6) is 1.28. The summed E-state index contributed by atoms with van der Waals surface area (Å²) in [5.41, 5.74) is 0. The summed E-state index contributed by atoms with van der Waals surface area (Å²) in [5, 5.41) is 3.09. The molecular formula is C6H6ClN5. The largest absolute Gasteiger partial charge is 0.316 e. The van der Waals surface area contributed by atoms with Gasteiger partial charge in [-0.1, -0.05) is 0 Å². The summed E-state index contributed by atoms with van der Waals surface area (Å²) in [7, 11) is 1.65. The molecule has 12 heavy (non-hydrogen) atoms. The Balaban J connectivity index is 2.41. The quantitative estimate of drug-likeness (QED) is 0.529. The number of nitrogens with one attached hydrogen (secondary N) is 1. The van der Waals surface area contributed by atoms with Crippen LogP contribution in [-0.2, 0) is 0 Å². The summed E-state index contributed by atoms with van der Waals surface area (Å²) < 4.78 is 0. The summed E-state index contributed by atoms with van der Waals surface area (Å²) in [6.07, 6.45) is 1.48. The lowest BCUT2D eigenvalue weighted by Crippen LogP contribution is -2.43. The van der Waals surface area contributed by atoms with Crippen LogP contribution in [0.15, 0.2) is 20.0 Å². The molecule has 0 fully saturated rings. The van der Waals surface area contributed by atoms with E-state index >= 15 is 0 Å². The maximum absolute atomic E-state index is 5.68. The second kappa shape index (κ2) is 2.67. The third-order valence-corrected chi connectivity index (χ3v) is 1.77. The SMILES string of the molecule is CN=C1N=C(Cl)NC2=NC=NC12. The van der Waals surface area contributed by atoms with E-state index in [0.717, 1.165) is 0 Å². The van der Waals surface area contributed by atoms with Crippen molar-refractivity contribution in [1.29, 1.82) is 0 Å². The van der Waals surface area contributed by atoms with E-state index in [-0.39, 0.29) is 11.3 Å². The predicted molar refractivity (Wildman–Crippen MR) is 49.5 cm³/mol. The molecule has 0 amide bonds. The van der Waals surface area contributed by atoms with Gasteiger partial charge in [-0.3, -0.25) is 9.98 Å². The molecule has 0 bridgehead atoms. The van der Waals surface area contributed by atoms with Gasteiger partial charge in [0.1, 0.15) is 12.2 Å². The molecule has 1 N–H and O–H groups in total. The van der Waals surface area contributed by atoms with Crippen LogP contribution in [0.2, 0.25) is 0 Å². The molecule has 0 aromatic carbocycles. The van der Waals surface area contributed by atoms with Crippen LogP contribution in [0.25, 0.3) is 0 Å². The molecule has 2 rings (SSSR count). The van der Waals surface area contributed by atoms with Crippen molar-refractivity contribution in [2.45, 2.75) is 6.04 Å². The van der Waals surface area contributed by atoms with Gasteiger partial charge >= 0.3 is 0 Å². The predicted octanol–water partition coefficient (Wildman–Crippen LogP) is 0.0217. The maximum atomic E-state index is 5.68. The topological polar surface area (TPSA) is 61.5 Å². The Kier molecular flexibility index (Phi) is 1.65. The molecule has 0 spiro atoms. The molecule has 62 valence electrons. The lowest BCUT2D eigenvalue weighted by atomic mass is 10.2. The van der Waals surface area contributed by atoms with Crippen molar-refractivity contribution in [2.75, 3.05) is 7.05 Å². The zero-order valence-electron chi connectivity index (χ0n) is 6.32. The minimum atomic E-state index is -0.183. The number of nitrogens with zero attached hydrogens (tertiary/aromatic N) is 4. The number of hydrogen-bond donors (Lipinski definition) is 1. The van der Waals surface area contributed by atoms with Gasteiger partial charge < -0.3 is 5.32 Å². The molecule has 6 heteroatoms. The second-order valence-electron chi connectivity index (χ2n) is 2.29. The Morgan fingerprint density at radius 2 is 2.50 bits per heavy atom. The molecule has 5 nitrogen and oxygen atoms in total. The van der Waals surface area contributed by atoms with Crippen molar-refractivity contribution in [2.24, 2.45) is 20.0 Å². The second-order valence-corrected chi connectivity index (χ2v) is 2.65. The van der Waals surface area contributed by atoms with Gasteiger partial charge in [-0.2, -0.15) is 0 Å². The summed E-state index contributed by atoms with van der Waals surface area (Å²) in [6, 6.07) is -0.183. The summed E-state index contributed by atoms with van der Waals surface area (Å²) >= 11 is 5.68. The molecule has 0 saturated carbocycles. The van der Waals surface area contributed by atoms with E-state index in [2.05, 4.69) is 25.3 Å². The highest BCUT2D eigenvalue weighted by Crippen LogP contribution is 2.09. The van der Waals surface area contributed by atoms with Gasteiger partial charge in [-0.25, -0.2) is 9.98 Å². The molecule has 1 unspecified atom stereocenters. The highest BCUT2D eigenvalue weighted by atomic mass is 35.5. The zero-order valence-corrected chi connectivity index (χ0v) is 7.08. The number of aliphatic imine (C=N–C) groups is 4. The number of hydrogen-bond acceptors (Lipinski definition) is 4. The van der Waals surface area contributed by atoms with Gasteiger partial charge in [-0.05, 0) is 11.6 Å². The average molecular weight is 184 g/mol. The summed E-state index contributed by atoms with van der Waals surface area (Å²) in [4.78, 5) is 16.0. The first-order chi connectivity index (χ1) is 5.81. The normalized spacial score (nSPS) is 29.5. The molecule has 0 aromatic heterocycles. The smallest absolute Gasteiger partial charge is 0.203 e. The molecule has 1 atom stereocenters. The fourth-order valence-electron chi connectivity index (χ4n) is 1.06. The van der Waals surface area contributed by atoms with Crippen LogP contribution in [0.3, 0.4) is 0 Å². The van der Waals surface area contributed by atoms with Crippen LogP contribution in [0.1, 0.15) is 0 Å².